The lowest BCUT2D eigenvalue weighted by atomic mass is 10.2. The number of carbonyl (C=O) groups is 4. The highest BCUT2D eigenvalue weighted by atomic mass is 32.2. The van der Waals surface area contributed by atoms with Crippen LogP contribution in [-0.4, -0.2) is 56.2 Å². The number of esters is 1. The average Bonchev–Trinajstić information content (AvgIpc) is 2.60. The van der Waals surface area contributed by atoms with Crippen LogP contribution in [0.15, 0.2) is 29.2 Å². The van der Waals surface area contributed by atoms with Gasteiger partial charge in [0.15, 0.2) is 6.61 Å². The minimum atomic E-state index is -0.694. The summed E-state index contributed by atoms with van der Waals surface area (Å²) < 4.78 is 4.85. The summed E-state index contributed by atoms with van der Waals surface area (Å²) in [7, 11) is 1.44. The first kappa shape index (κ1) is 17.8. The fourth-order valence-corrected chi connectivity index (χ4v) is 2.90. The molecular formula is C15H17N3O5S. The van der Waals surface area contributed by atoms with Crippen LogP contribution in [0.3, 0.4) is 0 Å². The first-order valence-electron chi connectivity index (χ1n) is 7.16. The van der Waals surface area contributed by atoms with Gasteiger partial charge in [-0.05, 0) is 12.1 Å². The Morgan fingerprint density at radius 3 is 2.75 bits per heavy atom. The third-order valence-electron chi connectivity index (χ3n) is 3.18. The monoisotopic (exact) mass is 351 g/mol. The van der Waals surface area contributed by atoms with Gasteiger partial charge in [-0.15, -0.1) is 11.8 Å². The van der Waals surface area contributed by atoms with Gasteiger partial charge >= 0.3 is 5.97 Å². The number of nitrogens with one attached hydrogen (secondary N) is 2. The number of fused-ring (bicyclic) bond motifs is 1. The first-order chi connectivity index (χ1) is 11.5. The molecule has 0 aromatic heterocycles. The number of amides is 3. The molecule has 8 nitrogen and oxygen atoms in total. The van der Waals surface area contributed by atoms with Gasteiger partial charge in [0, 0.05) is 11.9 Å². The molecule has 0 bridgehead atoms. The van der Waals surface area contributed by atoms with E-state index in [9.17, 15) is 19.2 Å². The molecule has 1 heterocycles. The second-order valence-corrected chi connectivity index (χ2v) is 5.86. The maximum absolute atomic E-state index is 12.0. The van der Waals surface area contributed by atoms with Crippen molar-refractivity contribution in [1.82, 2.24) is 10.6 Å². The lowest BCUT2D eigenvalue weighted by Crippen LogP contribution is -2.41. The number of rotatable bonds is 6. The number of thioether (sulfide) groups is 1. The zero-order valence-corrected chi connectivity index (χ0v) is 13.9. The van der Waals surface area contributed by atoms with E-state index >= 15 is 0 Å². The fourth-order valence-electron chi connectivity index (χ4n) is 1.97. The minimum absolute atomic E-state index is 0.192. The SMILES string of the molecule is CNC(=O)CNC(=O)COC(=O)CN1C(=O)CSc2ccccc21. The molecule has 0 saturated heterocycles. The normalized spacial score (nSPS) is 13.0. The van der Waals surface area contributed by atoms with Crippen LogP contribution in [-0.2, 0) is 23.9 Å². The Kier molecular flexibility index (Phi) is 6.19. The van der Waals surface area contributed by atoms with Crippen LogP contribution >= 0.6 is 11.8 Å². The Morgan fingerprint density at radius 1 is 1.25 bits per heavy atom. The molecule has 1 aromatic carbocycles. The number of carbonyl (C=O) groups excluding carboxylic acids is 4. The second-order valence-electron chi connectivity index (χ2n) is 4.85. The molecule has 0 spiro atoms. The van der Waals surface area contributed by atoms with E-state index in [1.165, 1.54) is 23.7 Å². The third-order valence-corrected chi connectivity index (χ3v) is 4.23. The van der Waals surface area contributed by atoms with Crippen LogP contribution in [0.2, 0.25) is 0 Å². The van der Waals surface area contributed by atoms with Crippen LogP contribution in [0.4, 0.5) is 5.69 Å². The number of anilines is 1. The molecule has 0 radical (unpaired) electrons. The van der Waals surface area contributed by atoms with Crippen LogP contribution in [0.25, 0.3) is 0 Å². The van der Waals surface area contributed by atoms with Gasteiger partial charge in [-0.1, -0.05) is 12.1 Å². The lowest BCUT2D eigenvalue weighted by Gasteiger charge is -2.27. The zero-order valence-electron chi connectivity index (χ0n) is 13.0. The van der Waals surface area contributed by atoms with Gasteiger partial charge in [0.1, 0.15) is 6.54 Å². The molecular weight excluding hydrogens is 334 g/mol. The van der Waals surface area contributed by atoms with Gasteiger partial charge in [0.05, 0.1) is 18.0 Å². The Morgan fingerprint density at radius 2 is 2.00 bits per heavy atom. The van der Waals surface area contributed by atoms with Crippen LogP contribution in [0, 0.1) is 0 Å². The first-order valence-corrected chi connectivity index (χ1v) is 8.15. The van der Waals surface area contributed by atoms with Crippen LogP contribution in [0.1, 0.15) is 0 Å². The Balaban J connectivity index is 1.85. The summed E-state index contributed by atoms with van der Waals surface area (Å²) in [6.45, 7) is -0.963. The van der Waals surface area contributed by atoms with E-state index in [0.29, 0.717) is 5.69 Å². The molecule has 24 heavy (non-hydrogen) atoms. The topological polar surface area (TPSA) is 105 Å². The second kappa shape index (κ2) is 8.34. The van der Waals surface area contributed by atoms with Crippen LogP contribution in [0.5, 0.6) is 0 Å². The van der Waals surface area contributed by atoms with Crippen molar-refractivity contribution >= 4 is 41.1 Å². The maximum Gasteiger partial charge on any atom is 0.326 e. The van der Waals surface area contributed by atoms with Crippen molar-refractivity contribution in [2.75, 3.05) is 37.4 Å². The summed E-state index contributed by atoms with van der Waals surface area (Å²) in [6.07, 6.45) is 0. The van der Waals surface area contributed by atoms with Gasteiger partial charge in [-0.3, -0.25) is 24.1 Å². The van der Waals surface area contributed by atoms with Gasteiger partial charge in [0.25, 0.3) is 5.91 Å². The van der Waals surface area contributed by atoms with Crippen molar-refractivity contribution in [3.8, 4) is 0 Å². The van der Waals surface area contributed by atoms with E-state index < -0.39 is 18.5 Å². The Labute approximate surface area is 142 Å². The molecule has 128 valence electrons. The number of para-hydroxylation sites is 1. The van der Waals surface area contributed by atoms with Crippen molar-refractivity contribution < 1.29 is 23.9 Å². The van der Waals surface area contributed by atoms with E-state index in [0.717, 1.165) is 4.90 Å². The molecule has 2 N–H and O–H groups in total. The molecule has 3 amide bonds. The minimum Gasteiger partial charge on any atom is -0.454 e. The predicted molar refractivity (Wildman–Crippen MR) is 87.6 cm³/mol. The Hall–Kier alpha value is -2.55. The van der Waals surface area contributed by atoms with E-state index in [-0.39, 0.29) is 30.7 Å². The summed E-state index contributed by atoms with van der Waals surface area (Å²) in [5.74, 6) is -1.59. The maximum atomic E-state index is 12.0. The van der Waals surface area contributed by atoms with Gasteiger partial charge in [0.2, 0.25) is 11.8 Å². The molecule has 9 heteroatoms. The number of ether oxygens (including phenoxy) is 1. The highest BCUT2D eigenvalue weighted by molar-refractivity contribution is 8.00. The van der Waals surface area contributed by atoms with E-state index in [1.54, 1.807) is 12.1 Å². The molecule has 0 aliphatic carbocycles. The highest BCUT2D eigenvalue weighted by Gasteiger charge is 2.26. The quantitative estimate of drug-likeness (QED) is 0.672. The Bertz CT molecular complexity index is 664. The smallest absolute Gasteiger partial charge is 0.326 e. The zero-order chi connectivity index (χ0) is 17.5. The van der Waals surface area contributed by atoms with Crippen molar-refractivity contribution in [1.29, 1.82) is 0 Å². The van der Waals surface area contributed by atoms with E-state index in [4.69, 9.17) is 4.74 Å². The van der Waals surface area contributed by atoms with E-state index in [2.05, 4.69) is 10.6 Å². The fraction of sp³-hybridized carbons (Fsp3) is 0.333. The third kappa shape index (κ3) is 4.72. The molecule has 0 atom stereocenters. The van der Waals surface area contributed by atoms with Gasteiger partial charge in [-0.2, -0.15) is 0 Å². The average molecular weight is 351 g/mol. The van der Waals surface area contributed by atoms with Crippen molar-refractivity contribution in [3.63, 3.8) is 0 Å². The molecule has 2 rings (SSSR count). The van der Waals surface area contributed by atoms with Gasteiger partial charge in [-0.25, -0.2) is 0 Å². The van der Waals surface area contributed by atoms with Crippen molar-refractivity contribution in [2.24, 2.45) is 0 Å². The predicted octanol–water partition coefficient (Wildman–Crippen LogP) is -0.469. The highest BCUT2D eigenvalue weighted by Crippen LogP contribution is 2.34. The molecule has 0 unspecified atom stereocenters. The number of likely N-dealkylation sites (N-methyl/N-ethyl adjacent to an activating group) is 1. The van der Waals surface area contributed by atoms with Gasteiger partial charge < -0.3 is 15.4 Å². The largest absolute Gasteiger partial charge is 0.454 e. The number of benzene rings is 1. The van der Waals surface area contributed by atoms with Crippen molar-refractivity contribution in [2.45, 2.75) is 4.90 Å². The number of hydrogen-bond donors (Lipinski definition) is 2. The summed E-state index contributed by atoms with van der Waals surface area (Å²) in [5, 5.41) is 4.65. The summed E-state index contributed by atoms with van der Waals surface area (Å²) >= 11 is 1.41. The standard InChI is InChI=1S/C15H17N3O5S/c1-16-12(19)6-17-13(20)8-23-15(22)7-18-10-4-2-3-5-11(10)24-9-14(18)21/h2-5H,6-9H2,1H3,(H,16,19)(H,17,20). The summed E-state index contributed by atoms with van der Waals surface area (Å²) in [5.41, 5.74) is 0.653. The van der Waals surface area contributed by atoms with E-state index in [1.807, 2.05) is 12.1 Å². The molecule has 1 aliphatic heterocycles. The molecule has 0 fully saturated rings. The summed E-state index contributed by atoms with van der Waals surface area (Å²) in [4.78, 5) is 48.6. The molecule has 0 saturated carbocycles. The lowest BCUT2D eigenvalue weighted by molar-refractivity contribution is -0.147. The van der Waals surface area contributed by atoms with Crippen LogP contribution < -0.4 is 15.5 Å². The van der Waals surface area contributed by atoms with Crippen molar-refractivity contribution in [3.05, 3.63) is 24.3 Å². The molecule has 1 aromatic rings. The number of hydrogen-bond acceptors (Lipinski definition) is 6. The summed E-state index contributed by atoms with van der Waals surface area (Å²) in [6, 6.07) is 7.26. The molecule has 1 aliphatic rings. The number of nitrogens with zero attached hydrogens (tertiary/aromatic N) is 1.